The van der Waals surface area contributed by atoms with Gasteiger partial charge in [-0.2, -0.15) is 5.10 Å². The average Bonchev–Trinajstić information content (AvgIpc) is 2.64. The largest absolute Gasteiger partial charge is 0.322 e. The molecule has 0 bridgehead atoms. The Balaban J connectivity index is 2.14. The maximum absolute atomic E-state index is 6.09. The molecule has 4 heteroatoms. The molecule has 0 saturated heterocycles. The maximum atomic E-state index is 6.09. The van der Waals surface area contributed by atoms with Crippen molar-refractivity contribution < 1.29 is 0 Å². The summed E-state index contributed by atoms with van der Waals surface area (Å²) in [7, 11) is 0. The normalized spacial score (nSPS) is 12.7. The van der Waals surface area contributed by atoms with Crippen molar-refractivity contribution in [3.63, 3.8) is 0 Å². The molecule has 1 unspecified atom stereocenters. The van der Waals surface area contributed by atoms with Crippen molar-refractivity contribution in [3.8, 4) is 0 Å². The van der Waals surface area contributed by atoms with Crippen LogP contribution in [-0.2, 0) is 6.54 Å². The van der Waals surface area contributed by atoms with E-state index >= 15 is 0 Å². The van der Waals surface area contributed by atoms with E-state index in [0.29, 0.717) is 11.6 Å². The van der Waals surface area contributed by atoms with Gasteiger partial charge in [0.1, 0.15) is 0 Å². The van der Waals surface area contributed by atoms with Crippen molar-refractivity contribution in [2.24, 2.45) is 5.73 Å². The lowest BCUT2D eigenvalue weighted by molar-refractivity contribution is 0.527. The van der Waals surface area contributed by atoms with E-state index < -0.39 is 0 Å². The van der Waals surface area contributed by atoms with Gasteiger partial charge in [0.2, 0.25) is 0 Å². The standard InChI is InChI=1S/C12H14ClN3/c1-9-6-15-16(7-9)8-12(14)10-4-2-3-5-11(10)13/h2-7,12H,8,14H2,1H3. The van der Waals surface area contributed by atoms with Gasteiger partial charge in [-0.3, -0.25) is 4.68 Å². The lowest BCUT2D eigenvalue weighted by Crippen LogP contribution is -2.18. The van der Waals surface area contributed by atoms with Crippen LogP contribution in [0.4, 0.5) is 0 Å². The second-order valence-corrected chi connectivity index (χ2v) is 4.27. The molecule has 1 aromatic heterocycles. The number of nitrogens with two attached hydrogens (primary N) is 1. The third kappa shape index (κ3) is 2.43. The Kier molecular flexibility index (Phi) is 3.27. The van der Waals surface area contributed by atoms with Gasteiger partial charge in [-0.05, 0) is 24.1 Å². The van der Waals surface area contributed by atoms with Gasteiger partial charge in [-0.25, -0.2) is 0 Å². The van der Waals surface area contributed by atoms with E-state index in [0.717, 1.165) is 11.1 Å². The molecule has 0 amide bonds. The van der Waals surface area contributed by atoms with Crippen LogP contribution in [0.2, 0.25) is 5.02 Å². The van der Waals surface area contributed by atoms with Gasteiger partial charge in [0.05, 0.1) is 18.8 Å². The summed E-state index contributed by atoms with van der Waals surface area (Å²) in [6, 6.07) is 7.51. The van der Waals surface area contributed by atoms with Crippen molar-refractivity contribution >= 4 is 11.6 Å². The lowest BCUT2D eigenvalue weighted by atomic mass is 10.1. The third-order valence-corrected chi connectivity index (χ3v) is 2.79. The zero-order chi connectivity index (χ0) is 11.5. The summed E-state index contributed by atoms with van der Waals surface area (Å²) in [6.07, 6.45) is 3.79. The summed E-state index contributed by atoms with van der Waals surface area (Å²) in [6.45, 7) is 2.64. The predicted molar refractivity (Wildman–Crippen MR) is 65.3 cm³/mol. The minimum absolute atomic E-state index is 0.131. The van der Waals surface area contributed by atoms with E-state index in [1.165, 1.54) is 0 Å². The van der Waals surface area contributed by atoms with Crippen molar-refractivity contribution in [2.45, 2.75) is 19.5 Å². The second-order valence-electron chi connectivity index (χ2n) is 3.87. The Hall–Kier alpha value is -1.32. The highest BCUT2D eigenvalue weighted by atomic mass is 35.5. The van der Waals surface area contributed by atoms with E-state index in [9.17, 15) is 0 Å². The van der Waals surface area contributed by atoms with Crippen LogP contribution in [-0.4, -0.2) is 9.78 Å². The third-order valence-electron chi connectivity index (χ3n) is 2.45. The Morgan fingerprint density at radius 2 is 2.19 bits per heavy atom. The topological polar surface area (TPSA) is 43.8 Å². The molecule has 0 fully saturated rings. The number of halogens is 1. The minimum atomic E-state index is -0.131. The zero-order valence-corrected chi connectivity index (χ0v) is 9.85. The molecule has 16 heavy (non-hydrogen) atoms. The first-order valence-electron chi connectivity index (χ1n) is 5.16. The number of aryl methyl sites for hydroxylation is 1. The van der Waals surface area contributed by atoms with Crippen LogP contribution >= 0.6 is 11.6 Å². The zero-order valence-electron chi connectivity index (χ0n) is 9.10. The number of hydrogen-bond acceptors (Lipinski definition) is 2. The Morgan fingerprint density at radius 3 is 2.81 bits per heavy atom. The first kappa shape index (κ1) is 11.2. The van der Waals surface area contributed by atoms with Gasteiger partial charge >= 0.3 is 0 Å². The Bertz CT molecular complexity index is 479. The summed E-state index contributed by atoms with van der Waals surface area (Å²) in [5.74, 6) is 0. The first-order chi connectivity index (χ1) is 7.66. The van der Waals surface area contributed by atoms with Crippen LogP contribution in [0, 0.1) is 6.92 Å². The number of nitrogens with zero attached hydrogens (tertiary/aromatic N) is 2. The van der Waals surface area contributed by atoms with Gasteiger partial charge in [0.15, 0.2) is 0 Å². The maximum Gasteiger partial charge on any atom is 0.0603 e. The molecule has 1 atom stereocenters. The molecule has 1 heterocycles. The first-order valence-corrected chi connectivity index (χ1v) is 5.53. The van der Waals surface area contributed by atoms with Gasteiger partial charge < -0.3 is 5.73 Å². The molecule has 2 N–H and O–H groups in total. The molecular formula is C12H14ClN3. The number of rotatable bonds is 3. The van der Waals surface area contributed by atoms with Crippen LogP contribution in [0.25, 0.3) is 0 Å². The highest BCUT2D eigenvalue weighted by Gasteiger charge is 2.10. The quantitative estimate of drug-likeness (QED) is 0.889. The van der Waals surface area contributed by atoms with E-state index in [1.807, 2.05) is 48.3 Å². The van der Waals surface area contributed by atoms with Crippen LogP contribution in [0.1, 0.15) is 17.2 Å². The molecule has 0 aliphatic rings. The number of benzene rings is 1. The molecule has 0 saturated carbocycles. The molecule has 0 spiro atoms. The molecule has 1 aromatic carbocycles. The summed E-state index contributed by atoms with van der Waals surface area (Å²) < 4.78 is 1.84. The summed E-state index contributed by atoms with van der Waals surface area (Å²) in [5, 5.41) is 4.91. The molecular weight excluding hydrogens is 222 g/mol. The number of hydrogen-bond donors (Lipinski definition) is 1. The van der Waals surface area contributed by atoms with Gasteiger partial charge in [0, 0.05) is 11.2 Å². The molecule has 0 aliphatic heterocycles. The SMILES string of the molecule is Cc1cnn(CC(N)c2ccccc2Cl)c1. The number of aromatic nitrogens is 2. The molecule has 2 aromatic rings. The van der Waals surface area contributed by atoms with Gasteiger partial charge in [0.25, 0.3) is 0 Å². The lowest BCUT2D eigenvalue weighted by Gasteiger charge is -2.13. The smallest absolute Gasteiger partial charge is 0.0603 e. The second kappa shape index (κ2) is 4.68. The summed E-state index contributed by atoms with van der Waals surface area (Å²) in [4.78, 5) is 0. The van der Waals surface area contributed by atoms with Crippen LogP contribution in [0.15, 0.2) is 36.7 Å². The molecule has 0 aliphatic carbocycles. The van der Waals surface area contributed by atoms with Crippen molar-refractivity contribution in [2.75, 3.05) is 0 Å². The monoisotopic (exact) mass is 235 g/mol. The molecule has 0 radical (unpaired) electrons. The van der Waals surface area contributed by atoms with Crippen molar-refractivity contribution in [1.29, 1.82) is 0 Å². The van der Waals surface area contributed by atoms with Crippen LogP contribution < -0.4 is 5.73 Å². The van der Waals surface area contributed by atoms with E-state index in [1.54, 1.807) is 0 Å². The highest BCUT2D eigenvalue weighted by molar-refractivity contribution is 6.31. The van der Waals surface area contributed by atoms with Crippen molar-refractivity contribution in [1.82, 2.24) is 9.78 Å². The Morgan fingerprint density at radius 1 is 1.44 bits per heavy atom. The summed E-state index contributed by atoms with van der Waals surface area (Å²) in [5.41, 5.74) is 8.18. The molecule has 2 rings (SSSR count). The van der Waals surface area contributed by atoms with Gasteiger partial charge in [-0.15, -0.1) is 0 Å². The molecule has 3 nitrogen and oxygen atoms in total. The minimum Gasteiger partial charge on any atom is -0.322 e. The van der Waals surface area contributed by atoms with Crippen molar-refractivity contribution in [3.05, 3.63) is 52.8 Å². The van der Waals surface area contributed by atoms with Gasteiger partial charge in [-0.1, -0.05) is 29.8 Å². The highest BCUT2D eigenvalue weighted by Crippen LogP contribution is 2.21. The fourth-order valence-electron chi connectivity index (χ4n) is 1.64. The van der Waals surface area contributed by atoms with E-state index in [4.69, 9.17) is 17.3 Å². The van der Waals surface area contributed by atoms with Crippen LogP contribution in [0.5, 0.6) is 0 Å². The average molecular weight is 236 g/mol. The Labute approximate surface area is 99.8 Å². The fraction of sp³-hybridized carbons (Fsp3) is 0.250. The van der Waals surface area contributed by atoms with E-state index in [-0.39, 0.29) is 6.04 Å². The van der Waals surface area contributed by atoms with Crippen LogP contribution in [0.3, 0.4) is 0 Å². The molecule has 84 valence electrons. The fourth-order valence-corrected chi connectivity index (χ4v) is 1.92. The summed E-state index contributed by atoms with van der Waals surface area (Å²) >= 11 is 6.08. The predicted octanol–water partition coefficient (Wildman–Crippen LogP) is 2.54. The van der Waals surface area contributed by atoms with E-state index in [2.05, 4.69) is 5.10 Å².